The summed E-state index contributed by atoms with van der Waals surface area (Å²) in [6, 6.07) is 18.1. The van der Waals surface area contributed by atoms with Crippen molar-refractivity contribution < 1.29 is 9.53 Å². The standard InChI is InChI=1S/C20H24N2O2/c1-16-8-6-7-11-19(16)24-15-20(23)22-13-12-21(2)14-18(22)17-9-4-3-5-10-17/h3-11,18H,12-15H2,1-2H3. The Morgan fingerprint density at radius 2 is 1.79 bits per heavy atom. The minimum absolute atomic E-state index is 0.0419. The second-order valence-electron chi connectivity index (χ2n) is 6.33. The molecule has 1 saturated heterocycles. The van der Waals surface area contributed by atoms with Crippen LogP contribution in [0, 0.1) is 6.92 Å². The molecule has 1 atom stereocenters. The van der Waals surface area contributed by atoms with Crippen LogP contribution in [0.25, 0.3) is 0 Å². The summed E-state index contributed by atoms with van der Waals surface area (Å²) in [6.07, 6.45) is 0. The highest BCUT2D eigenvalue weighted by molar-refractivity contribution is 5.78. The smallest absolute Gasteiger partial charge is 0.261 e. The summed E-state index contributed by atoms with van der Waals surface area (Å²) in [5, 5.41) is 0. The van der Waals surface area contributed by atoms with Crippen LogP contribution in [0.3, 0.4) is 0 Å². The first-order valence-electron chi connectivity index (χ1n) is 8.36. The second-order valence-corrected chi connectivity index (χ2v) is 6.33. The van der Waals surface area contributed by atoms with Gasteiger partial charge in [0, 0.05) is 19.6 Å². The molecule has 2 aromatic carbocycles. The fourth-order valence-corrected chi connectivity index (χ4v) is 3.12. The molecule has 126 valence electrons. The summed E-state index contributed by atoms with van der Waals surface area (Å²) < 4.78 is 5.76. The molecule has 0 radical (unpaired) electrons. The van der Waals surface area contributed by atoms with E-state index in [0.717, 1.165) is 30.9 Å². The second kappa shape index (κ2) is 7.49. The van der Waals surface area contributed by atoms with Crippen molar-refractivity contribution in [3.63, 3.8) is 0 Å². The maximum atomic E-state index is 12.8. The summed E-state index contributed by atoms with van der Waals surface area (Å²) >= 11 is 0. The van der Waals surface area contributed by atoms with Gasteiger partial charge in [-0.25, -0.2) is 0 Å². The van der Waals surface area contributed by atoms with E-state index in [0.29, 0.717) is 0 Å². The zero-order chi connectivity index (χ0) is 16.9. The number of carbonyl (C=O) groups is 1. The molecule has 4 heteroatoms. The number of amides is 1. The number of aryl methyl sites for hydroxylation is 1. The van der Waals surface area contributed by atoms with Crippen molar-refractivity contribution in [1.29, 1.82) is 0 Å². The lowest BCUT2D eigenvalue weighted by atomic mass is 10.0. The molecule has 1 aliphatic heterocycles. The topological polar surface area (TPSA) is 32.8 Å². The summed E-state index contributed by atoms with van der Waals surface area (Å²) in [4.78, 5) is 17.0. The Balaban J connectivity index is 1.71. The first-order valence-corrected chi connectivity index (χ1v) is 8.36. The Hall–Kier alpha value is -2.33. The highest BCUT2D eigenvalue weighted by Crippen LogP contribution is 2.25. The minimum Gasteiger partial charge on any atom is -0.484 e. The van der Waals surface area contributed by atoms with E-state index >= 15 is 0 Å². The van der Waals surface area contributed by atoms with Gasteiger partial charge in [0.25, 0.3) is 5.91 Å². The van der Waals surface area contributed by atoms with Gasteiger partial charge in [-0.1, -0.05) is 48.5 Å². The van der Waals surface area contributed by atoms with Crippen LogP contribution in [0.15, 0.2) is 54.6 Å². The lowest BCUT2D eigenvalue weighted by molar-refractivity contribution is -0.138. The van der Waals surface area contributed by atoms with Gasteiger partial charge in [0.05, 0.1) is 6.04 Å². The van der Waals surface area contributed by atoms with Crippen LogP contribution in [0.2, 0.25) is 0 Å². The molecule has 2 aromatic rings. The number of para-hydroxylation sites is 1. The van der Waals surface area contributed by atoms with Crippen LogP contribution in [0.5, 0.6) is 5.75 Å². The van der Waals surface area contributed by atoms with Gasteiger partial charge in [0.15, 0.2) is 6.61 Å². The largest absolute Gasteiger partial charge is 0.484 e. The molecule has 0 saturated carbocycles. The van der Waals surface area contributed by atoms with Crippen molar-refractivity contribution in [2.75, 3.05) is 33.3 Å². The lowest BCUT2D eigenvalue weighted by Crippen LogP contribution is -2.50. The Labute approximate surface area is 143 Å². The van der Waals surface area contributed by atoms with Gasteiger partial charge in [-0.2, -0.15) is 0 Å². The minimum atomic E-state index is 0.0419. The predicted octanol–water partition coefficient (Wildman–Crippen LogP) is 2.89. The molecule has 1 unspecified atom stereocenters. The number of likely N-dealkylation sites (N-methyl/N-ethyl adjacent to an activating group) is 1. The fraction of sp³-hybridized carbons (Fsp3) is 0.350. The molecule has 3 rings (SSSR count). The number of hydrogen-bond acceptors (Lipinski definition) is 3. The third-order valence-corrected chi connectivity index (χ3v) is 4.53. The molecule has 1 aliphatic rings. The van der Waals surface area contributed by atoms with Gasteiger partial charge in [0.1, 0.15) is 5.75 Å². The first kappa shape index (κ1) is 16.5. The molecule has 0 aliphatic carbocycles. The van der Waals surface area contributed by atoms with E-state index in [1.807, 2.05) is 54.3 Å². The van der Waals surface area contributed by atoms with Crippen LogP contribution in [0.1, 0.15) is 17.2 Å². The average Bonchev–Trinajstić information content (AvgIpc) is 2.61. The maximum absolute atomic E-state index is 12.8. The summed E-state index contributed by atoms with van der Waals surface area (Å²) in [6.45, 7) is 4.53. The van der Waals surface area contributed by atoms with Gasteiger partial charge in [-0.05, 0) is 31.2 Å². The molecule has 4 nitrogen and oxygen atoms in total. The zero-order valence-electron chi connectivity index (χ0n) is 14.3. The number of piperazine rings is 1. The Morgan fingerprint density at radius 3 is 2.54 bits per heavy atom. The molecular formula is C20H24N2O2. The highest BCUT2D eigenvalue weighted by atomic mass is 16.5. The normalized spacial score (nSPS) is 18.4. The van der Waals surface area contributed by atoms with E-state index in [1.165, 1.54) is 5.56 Å². The SMILES string of the molecule is Cc1ccccc1OCC(=O)N1CCN(C)CC1c1ccccc1. The Kier molecular flexibility index (Phi) is 5.16. The molecular weight excluding hydrogens is 300 g/mol. The molecule has 24 heavy (non-hydrogen) atoms. The van der Waals surface area contributed by atoms with E-state index in [-0.39, 0.29) is 18.6 Å². The Morgan fingerprint density at radius 1 is 1.08 bits per heavy atom. The molecule has 1 heterocycles. The number of ether oxygens (including phenoxy) is 1. The molecule has 1 amide bonds. The van der Waals surface area contributed by atoms with E-state index in [1.54, 1.807) is 0 Å². The van der Waals surface area contributed by atoms with Crippen LogP contribution < -0.4 is 4.74 Å². The van der Waals surface area contributed by atoms with Gasteiger partial charge in [0.2, 0.25) is 0 Å². The fourth-order valence-electron chi connectivity index (χ4n) is 3.12. The van der Waals surface area contributed by atoms with Gasteiger partial charge in [-0.15, -0.1) is 0 Å². The molecule has 0 spiro atoms. The lowest BCUT2D eigenvalue weighted by Gasteiger charge is -2.40. The van der Waals surface area contributed by atoms with Crippen LogP contribution in [0.4, 0.5) is 0 Å². The summed E-state index contributed by atoms with van der Waals surface area (Å²) in [7, 11) is 2.10. The highest BCUT2D eigenvalue weighted by Gasteiger charge is 2.30. The Bertz CT molecular complexity index is 687. The number of carbonyl (C=O) groups excluding carboxylic acids is 1. The van der Waals surface area contributed by atoms with Crippen molar-refractivity contribution in [2.45, 2.75) is 13.0 Å². The average molecular weight is 324 g/mol. The quantitative estimate of drug-likeness (QED) is 0.867. The number of hydrogen-bond donors (Lipinski definition) is 0. The van der Waals surface area contributed by atoms with Crippen LogP contribution in [-0.4, -0.2) is 49.0 Å². The van der Waals surface area contributed by atoms with Crippen LogP contribution in [-0.2, 0) is 4.79 Å². The van der Waals surface area contributed by atoms with Crippen molar-refractivity contribution >= 4 is 5.91 Å². The van der Waals surface area contributed by atoms with Gasteiger partial charge in [-0.3, -0.25) is 4.79 Å². The van der Waals surface area contributed by atoms with Crippen LogP contribution >= 0.6 is 0 Å². The number of nitrogens with zero attached hydrogens (tertiary/aromatic N) is 2. The van der Waals surface area contributed by atoms with Crippen molar-refractivity contribution in [3.05, 3.63) is 65.7 Å². The van der Waals surface area contributed by atoms with E-state index in [9.17, 15) is 4.79 Å². The zero-order valence-corrected chi connectivity index (χ0v) is 14.3. The summed E-state index contributed by atoms with van der Waals surface area (Å²) in [5.41, 5.74) is 2.22. The first-order chi connectivity index (χ1) is 11.6. The molecule has 0 bridgehead atoms. The summed E-state index contributed by atoms with van der Waals surface area (Å²) in [5.74, 6) is 0.816. The molecule has 0 aromatic heterocycles. The number of rotatable bonds is 4. The van der Waals surface area contributed by atoms with E-state index in [4.69, 9.17) is 4.74 Å². The molecule has 0 N–H and O–H groups in total. The van der Waals surface area contributed by atoms with Crippen molar-refractivity contribution in [2.24, 2.45) is 0 Å². The predicted molar refractivity (Wildman–Crippen MR) is 95.1 cm³/mol. The van der Waals surface area contributed by atoms with Crippen molar-refractivity contribution in [3.8, 4) is 5.75 Å². The number of benzene rings is 2. The van der Waals surface area contributed by atoms with Gasteiger partial charge < -0.3 is 14.5 Å². The van der Waals surface area contributed by atoms with Gasteiger partial charge >= 0.3 is 0 Å². The third-order valence-electron chi connectivity index (χ3n) is 4.53. The van der Waals surface area contributed by atoms with E-state index in [2.05, 4.69) is 24.1 Å². The third kappa shape index (κ3) is 3.77. The monoisotopic (exact) mass is 324 g/mol. The molecule has 1 fully saturated rings. The maximum Gasteiger partial charge on any atom is 0.261 e. The van der Waals surface area contributed by atoms with E-state index < -0.39 is 0 Å². The van der Waals surface area contributed by atoms with Crippen molar-refractivity contribution in [1.82, 2.24) is 9.80 Å².